The largest absolute Gasteiger partial charge is 0.573 e. The van der Waals surface area contributed by atoms with Gasteiger partial charge < -0.3 is 4.74 Å². The highest BCUT2D eigenvalue weighted by atomic mass is 32.1. The Morgan fingerprint density at radius 3 is 2.40 bits per heavy atom. The quantitative estimate of drug-likeness (QED) is 0.558. The van der Waals surface area contributed by atoms with Crippen molar-refractivity contribution in [2.45, 2.75) is 18.7 Å². The molecule has 1 aromatic heterocycles. The molecule has 0 radical (unpaired) electrons. The summed E-state index contributed by atoms with van der Waals surface area (Å²) in [5.41, 5.74) is 0.513. The number of anilines is 2. The first-order valence-electron chi connectivity index (χ1n) is 8.78. The van der Waals surface area contributed by atoms with E-state index in [0.717, 1.165) is 11.3 Å². The van der Waals surface area contributed by atoms with Gasteiger partial charge in [0.05, 0.1) is 10.6 Å². The number of carbonyl (C=O) groups is 1. The number of nitrogens with zero attached hydrogens (tertiary/aromatic N) is 2. The van der Waals surface area contributed by atoms with Crippen LogP contribution in [0.15, 0.2) is 53.3 Å². The van der Waals surface area contributed by atoms with Crippen LogP contribution in [0.3, 0.4) is 0 Å². The summed E-state index contributed by atoms with van der Waals surface area (Å²) in [6, 6.07) is 10.7. The molecule has 30 heavy (non-hydrogen) atoms. The van der Waals surface area contributed by atoms with Gasteiger partial charge in [-0.1, -0.05) is 29.5 Å². The number of ether oxygens (including phenoxy) is 1. The second-order valence-corrected chi connectivity index (χ2v) is 7.66. The van der Waals surface area contributed by atoms with Crippen LogP contribution in [0.25, 0.3) is 0 Å². The third kappa shape index (κ3) is 3.58. The molecule has 0 saturated heterocycles. The minimum atomic E-state index is -4.90. The molecule has 0 fully saturated rings. The number of amides is 1. The molecule has 3 aromatic rings. The summed E-state index contributed by atoms with van der Waals surface area (Å²) in [5.74, 6) is -1.89. The summed E-state index contributed by atoms with van der Waals surface area (Å²) in [6.07, 6.45) is -5.08. The molecule has 2 heterocycles. The molecule has 5 nitrogen and oxygen atoms in total. The van der Waals surface area contributed by atoms with Crippen molar-refractivity contribution in [3.05, 3.63) is 74.5 Å². The summed E-state index contributed by atoms with van der Waals surface area (Å²) < 4.78 is 57.3. The molecule has 0 bridgehead atoms. The molecule has 2 aromatic carbocycles. The van der Waals surface area contributed by atoms with Gasteiger partial charge in [-0.2, -0.15) is 0 Å². The van der Waals surface area contributed by atoms with Gasteiger partial charge in [0.15, 0.2) is 0 Å². The van der Waals surface area contributed by atoms with Gasteiger partial charge >= 0.3 is 11.2 Å². The Balaban J connectivity index is 1.87. The third-order valence-electron chi connectivity index (χ3n) is 4.77. The smallest absolute Gasteiger partial charge is 0.405 e. The summed E-state index contributed by atoms with van der Waals surface area (Å²) in [6.45, 7) is 0. The molecule has 1 atom stereocenters. The third-order valence-corrected chi connectivity index (χ3v) is 5.91. The Morgan fingerprint density at radius 2 is 1.73 bits per heavy atom. The second-order valence-electron chi connectivity index (χ2n) is 6.66. The molecule has 0 N–H and O–H groups in total. The Labute approximate surface area is 171 Å². The van der Waals surface area contributed by atoms with Gasteiger partial charge in [-0.05, 0) is 30.3 Å². The fraction of sp³-hybridized carbons (Fsp3) is 0.200. The number of hydrogen-bond donors (Lipinski definition) is 0. The van der Waals surface area contributed by atoms with Crippen molar-refractivity contribution < 1.29 is 27.1 Å². The Kier molecular flexibility index (Phi) is 4.89. The SMILES string of the molecule is Cn1c2c(sc1=O)C(c1ccccc1OC(F)(F)F)CC(=O)N2c1ccc(F)cc1. The van der Waals surface area contributed by atoms with Crippen LogP contribution >= 0.6 is 11.3 Å². The fourth-order valence-electron chi connectivity index (χ4n) is 3.52. The van der Waals surface area contributed by atoms with E-state index in [9.17, 15) is 27.2 Å². The van der Waals surface area contributed by atoms with E-state index in [-0.39, 0.29) is 22.7 Å². The molecule has 1 aliphatic heterocycles. The van der Waals surface area contributed by atoms with E-state index >= 15 is 0 Å². The maximum Gasteiger partial charge on any atom is 0.573 e. The van der Waals surface area contributed by atoms with E-state index in [2.05, 4.69) is 4.74 Å². The topological polar surface area (TPSA) is 51.5 Å². The van der Waals surface area contributed by atoms with Crippen LogP contribution in [0.5, 0.6) is 5.75 Å². The molecule has 0 aliphatic carbocycles. The van der Waals surface area contributed by atoms with Crippen molar-refractivity contribution in [3.63, 3.8) is 0 Å². The van der Waals surface area contributed by atoms with Crippen LogP contribution in [0, 0.1) is 5.82 Å². The molecule has 1 unspecified atom stereocenters. The number of hydrogen-bond acceptors (Lipinski definition) is 4. The van der Waals surface area contributed by atoms with Gasteiger partial charge in [-0.3, -0.25) is 19.1 Å². The molecule has 156 valence electrons. The van der Waals surface area contributed by atoms with Crippen molar-refractivity contribution in [1.29, 1.82) is 0 Å². The Morgan fingerprint density at radius 1 is 1.07 bits per heavy atom. The maximum atomic E-state index is 13.3. The molecule has 4 rings (SSSR count). The van der Waals surface area contributed by atoms with Gasteiger partial charge in [0.1, 0.15) is 17.4 Å². The van der Waals surface area contributed by atoms with Gasteiger partial charge in [0, 0.05) is 24.9 Å². The number of alkyl halides is 3. The highest BCUT2D eigenvalue weighted by Crippen LogP contribution is 2.47. The van der Waals surface area contributed by atoms with Crippen LogP contribution in [-0.4, -0.2) is 16.8 Å². The Bertz CT molecular complexity index is 1170. The number of carbonyl (C=O) groups excluding carboxylic acids is 1. The van der Waals surface area contributed by atoms with Crippen molar-refractivity contribution in [2.75, 3.05) is 4.90 Å². The summed E-state index contributed by atoms with van der Waals surface area (Å²) in [4.78, 5) is 26.8. The first kappa shape index (κ1) is 20.1. The summed E-state index contributed by atoms with van der Waals surface area (Å²) in [5, 5.41) is 0. The van der Waals surface area contributed by atoms with Gasteiger partial charge in [0.25, 0.3) is 0 Å². The van der Waals surface area contributed by atoms with E-state index in [1.807, 2.05) is 0 Å². The lowest BCUT2D eigenvalue weighted by atomic mass is 9.89. The normalized spacial score (nSPS) is 16.5. The zero-order valence-corrected chi connectivity index (χ0v) is 16.3. The zero-order chi connectivity index (χ0) is 21.6. The minimum absolute atomic E-state index is 0.157. The highest BCUT2D eigenvalue weighted by Gasteiger charge is 2.40. The van der Waals surface area contributed by atoms with Crippen molar-refractivity contribution in [2.24, 2.45) is 7.05 Å². The van der Waals surface area contributed by atoms with E-state index in [4.69, 9.17) is 0 Å². The number of rotatable bonds is 3. The highest BCUT2D eigenvalue weighted by molar-refractivity contribution is 7.10. The lowest BCUT2D eigenvalue weighted by molar-refractivity contribution is -0.274. The summed E-state index contributed by atoms with van der Waals surface area (Å²) >= 11 is 0.853. The van der Waals surface area contributed by atoms with Gasteiger partial charge in [-0.25, -0.2) is 4.39 Å². The zero-order valence-electron chi connectivity index (χ0n) is 15.4. The van der Waals surface area contributed by atoms with E-state index in [1.165, 1.54) is 59.0 Å². The molecule has 10 heteroatoms. The average Bonchev–Trinajstić information content (AvgIpc) is 2.97. The molecule has 0 spiro atoms. The lowest BCUT2D eigenvalue weighted by Gasteiger charge is -2.32. The van der Waals surface area contributed by atoms with Crippen LogP contribution in [0.1, 0.15) is 22.8 Å². The molecule has 1 aliphatic rings. The van der Waals surface area contributed by atoms with Crippen molar-refractivity contribution in [1.82, 2.24) is 4.57 Å². The molecule has 0 saturated carbocycles. The first-order valence-corrected chi connectivity index (χ1v) is 9.60. The lowest BCUT2D eigenvalue weighted by Crippen LogP contribution is -2.35. The predicted octanol–water partition coefficient (Wildman–Crippen LogP) is 4.68. The van der Waals surface area contributed by atoms with Gasteiger partial charge in [0.2, 0.25) is 5.91 Å². The van der Waals surface area contributed by atoms with Crippen LogP contribution in [0.4, 0.5) is 29.1 Å². The number of fused-ring (bicyclic) bond motifs is 1. The standard InChI is InChI=1S/C20H14F4N2O3S/c1-25-18-17(30-19(25)28)14(13-4-2-3-5-15(13)29-20(22,23)24)10-16(27)26(18)12-8-6-11(21)7-9-12/h2-9,14H,10H2,1H3. The van der Waals surface area contributed by atoms with Crippen molar-refractivity contribution >= 4 is 28.7 Å². The number of halogens is 4. The van der Waals surface area contributed by atoms with Gasteiger partial charge in [-0.15, -0.1) is 13.2 Å². The number of aromatic nitrogens is 1. The predicted molar refractivity (Wildman–Crippen MR) is 103 cm³/mol. The number of para-hydroxylation sites is 1. The second kappa shape index (κ2) is 7.28. The first-order chi connectivity index (χ1) is 14.2. The minimum Gasteiger partial charge on any atom is -0.405 e. The number of benzene rings is 2. The molecular weight excluding hydrogens is 424 g/mol. The monoisotopic (exact) mass is 438 g/mol. The van der Waals surface area contributed by atoms with Crippen molar-refractivity contribution in [3.8, 4) is 5.75 Å². The average molecular weight is 438 g/mol. The maximum absolute atomic E-state index is 13.3. The summed E-state index contributed by atoms with van der Waals surface area (Å²) in [7, 11) is 1.47. The van der Waals surface area contributed by atoms with Crippen LogP contribution in [0.2, 0.25) is 0 Å². The van der Waals surface area contributed by atoms with Crippen LogP contribution < -0.4 is 14.5 Å². The fourth-order valence-corrected chi connectivity index (χ4v) is 4.60. The van der Waals surface area contributed by atoms with Crippen LogP contribution in [-0.2, 0) is 11.8 Å². The molecule has 1 amide bonds. The van der Waals surface area contributed by atoms with E-state index in [0.29, 0.717) is 10.6 Å². The van der Waals surface area contributed by atoms with E-state index < -0.39 is 29.8 Å². The molecular formula is C20H14F4N2O3S. The van der Waals surface area contributed by atoms with E-state index in [1.54, 1.807) is 6.07 Å². The number of thiazole rings is 1. The Hall–Kier alpha value is -3.14.